The molecule has 0 unspecified atom stereocenters. The highest BCUT2D eigenvalue weighted by atomic mass is 32.2. The first kappa shape index (κ1) is 11.0. The molecule has 2 rings (SSSR count). The second kappa shape index (κ2) is 5.57. The summed E-state index contributed by atoms with van der Waals surface area (Å²) in [5.41, 5.74) is 7.01. The fourth-order valence-corrected chi connectivity index (χ4v) is 3.46. The molecule has 1 nitrogen and oxygen atoms in total. The molecule has 1 fully saturated rings. The van der Waals surface area contributed by atoms with Crippen molar-refractivity contribution in [2.24, 2.45) is 11.7 Å². The normalized spacial score (nSPS) is 17.1. The predicted octanol–water partition coefficient (Wildman–Crippen LogP) is 3.43. The van der Waals surface area contributed by atoms with E-state index in [0.717, 1.165) is 5.92 Å². The first-order valence-corrected chi connectivity index (χ1v) is 6.79. The van der Waals surface area contributed by atoms with Crippen molar-refractivity contribution < 1.29 is 0 Å². The molecule has 0 aromatic heterocycles. The molecule has 2 heteroatoms. The van der Waals surface area contributed by atoms with Gasteiger partial charge < -0.3 is 5.73 Å². The van der Waals surface area contributed by atoms with E-state index >= 15 is 0 Å². The van der Waals surface area contributed by atoms with Gasteiger partial charge in [0.2, 0.25) is 0 Å². The maximum absolute atomic E-state index is 5.72. The zero-order valence-corrected chi connectivity index (χ0v) is 9.93. The Hall–Kier alpha value is -0.470. The third-order valence-electron chi connectivity index (χ3n) is 3.14. The van der Waals surface area contributed by atoms with Crippen molar-refractivity contribution in [3.8, 4) is 0 Å². The summed E-state index contributed by atoms with van der Waals surface area (Å²) in [6.45, 7) is 0.661. The second-order valence-electron chi connectivity index (χ2n) is 4.27. The van der Waals surface area contributed by atoms with Gasteiger partial charge in [0.1, 0.15) is 0 Å². The summed E-state index contributed by atoms with van der Waals surface area (Å²) in [4.78, 5) is 1.38. The summed E-state index contributed by atoms with van der Waals surface area (Å²) in [6.07, 6.45) is 5.73. The third kappa shape index (κ3) is 2.99. The summed E-state index contributed by atoms with van der Waals surface area (Å²) in [7, 11) is 0. The standard InChI is InChI=1S/C13H19NS/c14-9-12-7-3-4-8-13(12)15-10-11-5-1-2-6-11/h3-4,7-8,11H,1-2,5-6,9-10,14H2. The van der Waals surface area contributed by atoms with Gasteiger partial charge in [0.05, 0.1) is 0 Å². The van der Waals surface area contributed by atoms with Gasteiger partial charge in [-0.05, 0) is 30.4 Å². The Bertz CT molecular complexity index is 305. The van der Waals surface area contributed by atoms with E-state index in [-0.39, 0.29) is 0 Å². The summed E-state index contributed by atoms with van der Waals surface area (Å²) < 4.78 is 0. The van der Waals surface area contributed by atoms with Crippen LogP contribution < -0.4 is 5.73 Å². The number of hydrogen-bond donors (Lipinski definition) is 1. The molecular weight excluding hydrogens is 202 g/mol. The van der Waals surface area contributed by atoms with Crippen LogP contribution in [0.5, 0.6) is 0 Å². The van der Waals surface area contributed by atoms with Crippen LogP contribution in [-0.4, -0.2) is 5.75 Å². The molecule has 0 spiro atoms. The lowest BCUT2D eigenvalue weighted by molar-refractivity contribution is 0.623. The minimum atomic E-state index is 0.661. The van der Waals surface area contributed by atoms with E-state index in [1.165, 1.54) is 41.9 Å². The highest BCUT2D eigenvalue weighted by molar-refractivity contribution is 7.99. The lowest BCUT2D eigenvalue weighted by atomic mass is 10.1. The molecule has 1 aliphatic carbocycles. The van der Waals surface area contributed by atoms with Crippen molar-refractivity contribution in [2.75, 3.05) is 5.75 Å². The number of rotatable bonds is 4. The van der Waals surface area contributed by atoms with E-state index in [0.29, 0.717) is 6.54 Å². The van der Waals surface area contributed by atoms with Gasteiger partial charge in [-0.15, -0.1) is 11.8 Å². The van der Waals surface area contributed by atoms with Crippen molar-refractivity contribution in [3.63, 3.8) is 0 Å². The molecule has 0 amide bonds. The molecule has 1 aliphatic rings. The number of nitrogens with two attached hydrogens (primary N) is 1. The maximum Gasteiger partial charge on any atom is 0.0189 e. The highest BCUT2D eigenvalue weighted by Gasteiger charge is 2.15. The molecule has 0 radical (unpaired) electrons. The van der Waals surface area contributed by atoms with E-state index in [2.05, 4.69) is 24.3 Å². The van der Waals surface area contributed by atoms with Gasteiger partial charge in [0.25, 0.3) is 0 Å². The van der Waals surface area contributed by atoms with Crippen LogP contribution >= 0.6 is 11.8 Å². The average Bonchev–Trinajstić information content (AvgIpc) is 2.79. The van der Waals surface area contributed by atoms with Crippen LogP contribution in [0.15, 0.2) is 29.2 Å². The third-order valence-corrected chi connectivity index (χ3v) is 4.49. The van der Waals surface area contributed by atoms with Crippen LogP contribution in [0, 0.1) is 5.92 Å². The fraction of sp³-hybridized carbons (Fsp3) is 0.538. The van der Waals surface area contributed by atoms with Crippen molar-refractivity contribution in [1.82, 2.24) is 0 Å². The minimum absolute atomic E-state index is 0.661. The molecule has 0 bridgehead atoms. The lowest BCUT2D eigenvalue weighted by Crippen LogP contribution is -2.00. The van der Waals surface area contributed by atoms with Crippen LogP contribution in [0.1, 0.15) is 31.2 Å². The van der Waals surface area contributed by atoms with Gasteiger partial charge in [-0.1, -0.05) is 31.0 Å². The molecule has 1 aromatic carbocycles. The van der Waals surface area contributed by atoms with E-state index < -0.39 is 0 Å². The number of benzene rings is 1. The Kier molecular flexibility index (Phi) is 4.09. The molecule has 0 aliphatic heterocycles. The van der Waals surface area contributed by atoms with E-state index in [1.807, 2.05) is 11.8 Å². The van der Waals surface area contributed by atoms with E-state index in [9.17, 15) is 0 Å². The number of thioether (sulfide) groups is 1. The summed E-state index contributed by atoms with van der Waals surface area (Å²) in [6, 6.07) is 8.51. The smallest absolute Gasteiger partial charge is 0.0189 e. The van der Waals surface area contributed by atoms with Crippen LogP contribution in [0.3, 0.4) is 0 Å². The predicted molar refractivity (Wildman–Crippen MR) is 67.0 cm³/mol. The second-order valence-corrected chi connectivity index (χ2v) is 5.34. The topological polar surface area (TPSA) is 26.0 Å². The van der Waals surface area contributed by atoms with Crippen LogP contribution in [0.25, 0.3) is 0 Å². The molecule has 82 valence electrons. The number of hydrogen-bond acceptors (Lipinski definition) is 2. The lowest BCUT2D eigenvalue weighted by Gasteiger charge is -2.10. The molecule has 1 saturated carbocycles. The maximum atomic E-state index is 5.72. The Morgan fingerprint density at radius 2 is 1.93 bits per heavy atom. The Morgan fingerprint density at radius 1 is 1.20 bits per heavy atom. The first-order valence-electron chi connectivity index (χ1n) is 5.81. The van der Waals surface area contributed by atoms with Gasteiger partial charge >= 0.3 is 0 Å². The Balaban J connectivity index is 1.91. The molecule has 1 aromatic rings. The summed E-state index contributed by atoms with van der Waals surface area (Å²) in [5.74, 6) is 2.22. The van der Waals surface area contributed by atoms with E-state index in [4.69, 9.17) is 5.73 Å². The average molecular weight is 221 g/mol. The monoisotopic (exact) mass is 221 g/mol. The summed E-state index contributed by atoms with van der Waals surface area (Å²) >= 11 is 1.99. The van der Waals surface area contributed by atoms with Crippen LogP contribution in [-0.2, 0) is 6.54 Å². The zero-order valence-electron chi connectivity index (χ0n) is 9.11. The van der Waals surface area contributed by atoms with Gasteiger partial charge in [0, 0.05) is 17.2 Å². The molecular formula is C13H19NS. The van der Waals surface area contributed by atoms with Gasteiger partial charge in [-0.2, -0.15) is 0 Å². The SMILES string of the molecule is NCc1ccccc1SCC1CCCC1. The van der Waals surface area contributed by atoms with Crippen LogP contribution in [0.2, 0.25) is 0 Å². The van der Waals surface area contributed by atoms with Gasteiger partial charge in [0.15, 0.2) is 0 Å². The zero-order chi connectivity index (χ0) is 10.5. The summed E-state index contributed by atoms with van der Waals surface area (Å²) in [5, 5.41) is 0. The quantitative estimate of drug-likeness (QED) is 0.788. The largest absolute Gasteiger partial charge is 0.326 e. The highest BCUT2D eigenvalue weighted by Crippen LogP contribution is 2.32. The van der Waals surface area contributed by atoms with Crippen molar-refractivity contribution >= 4 is 11.8 Å². The van der Waals surface area contributed by atoms with Gasteiger partial charge in [-0.3, -0.25) is 0 Å². The molecule has 2 N–H and O–H groups in total. The Labute approximate surface area is 96.4 Å². The Morgan fingerprint density at radius 3 is 2.67 bits per heavy atom. The fourth-order valence-electron chi connectivity index (χ4n) is 2.20. The van der Waals surface area contributed by atoms with Crippen molar-refractivity contribution in [3.05, 3.63) is 29.8 Å². The van der Waals surface area contributed by atoms with Crippen molar-refractivity contribution in [1.29, 1.82) is 0 Å². The molecule has 0 atom stereocenters. The molecule has 0 heterocycles. The molecule has 15 heavy (non-hydrogen) atoms. The molecule has 0 saturated heterocycles. The van der Waals surface area contributed by atoms with Crippen LogP contribution in [0.4, 0.5) is 0 Å². The van der Waals surface area contributed by atoms with Gasteiger partial charge in [-0.25, -0.2) is 0 Å². The van der Waals surface area contributed by atoms with Crippen molar-refractivity contribution in [2.45, 2.75) is 37.1 Å². The minimum Gasteiger partial charge on any atom is -0.326 e. The first-order chi connectivity index (χ1) is 7.40. The van der Waals surface area contributed by atoms with E-state index in [1.54, 1.807) is 0 Å².